The van der Waals surface area contributed by atoms with E-state index in [1.807, 2.05) is 18.2 Å². The van der Waals surface area contributed by atoms with Crippen LogP contribution in [0.2, 0.25) is 0 Å². The van der Waals surface area contributed by atoms with Crippen LogP contribution in [-0.4, -0.2) is 39.2 Å². The molecule has 0 radical (unpaired) electrons. The molecule has 102 valence electrons. The summed E-state index contributed by atoms with van der Waals surface area (Å²) in [6.07, 6.45) is 0. The van der Waals surface area contributed by atoms with Crippen molar-refractivity contribution in [3.63, 3.8) is 0 Å². The Hall–Kier alpha value is -1.42. The summed E-state index contributed by atoms with van der Waals surface area (Å²) in [5, 5.41) is 3.40. The Morgan fingerprint density at radius 1 is 1.33 bits per heavy atom. The van der Waals surface area contributed by atoms with Crippen LogP contribution in [0.25, 0.3) is 0 Å². The molecule has 4 heteroatoms. The molecule has 0 aliphatic heterocycles. The molecule has 4 nitrogen and oxygen atoms in total. The summed E-state index contributed by atoms with van der Waals surface area (Å²) in [7, 11) is 5.83. The Bertz CT molecular complexity index is 389. The third-order valence-electron chi connectivity index (χ3n) is 2.76. The van der Waals surface area contributed by atoms with E-state index in [4.69, 9.17) is 10.5 Å². The molecular weight excluding hydrogens is 226 g/mol. The quantitative estimate of drug-likeness (QED) is 0.762. The van der Waals surface area contributed by atoms with Crippen LogP contribution in [0.3, 0.4) is 0 Å². The maximum atomic E-state index is 5.95. The Kier molecular flexibility index (Phi) is 4.84. The third-order valence-corrected chi connectivity index (χ3v) is 2.76. The molecule has 1 aromatic rings. The summed E-state index contributed by atoms with van der Waals surface area (Å²) in [5.41, 5.74) is 7.80. The standard InChI is InChI=1S/C14H25N3O/c1-14(2,10-17(3)4)9-16-13-8-11(18-5)6-7-12(13)15/h6-8,16H,9-10,15H2,1-5H3. The SMILES string of the molecule is COc1ccc(N)c(NCC(C)(C)CN(C)C)c1. The normalized spacial score (nSPS) is 11.7. The number of benzene rings is 1. The summed E-state index contributed by atoms with van der Waals surface area (Å²) in [6, 6.07) is 5.66. The highest BCUT2D eigenvalue weighted by molar-refractivity contribution is 5.68. The fourth-order valence-electron chi connectivity index (χ4n) is 2.06. The van der Waals surface area contributed by atoms with Crippen molar-refractivity contribution in [3.8, 4) is 5.75 Å². The molecular formula is C14H25N3O. The molecule has 0 heterocycles. The van der Waals surface area contributed by atoms with Crippen molar-refractivity contribution in [3.05, 3.63) is 18.2 Å². The number of methoxy groups -OCH3 is 1. The lowest BCUT2D eigenvalue weighted by Gasteiger charge is -2.29. The number of hydrogen-bond donors (Lipinski definition) is 2. The van der Waals surface area contributed by atoms with Gasteiger partial charge in [-0.25, -0.2) is 0 Å². The summed E-state index contributed by atoms with van der Waals surface area (Å²) in [6.45, 7) is 6.35. The molecule has 0 amide bonds. The summed E-state index contributed by atoms with van der Waals surface area (Å²) in [5.74, 6) is 0.817. The predicted molar refractivity (Wildman–Crippen MR) is 78.2 cm³/mol. The van der Waals surface area contributed by atoms with E-state index in [2.05, 4.69) is 38.2 Å². The molecule has 0 bridgehead atoms. The first kappa shape index (κ1) is 14.6. The molecule has 0 saturated heterocycles. The first-order valence-electron chi connectivity index (χ1n) is 6.16. The number of nitrogen functional groups attached to an aromatic ring is 1. The predicted octanol–water partition coefficient (Wildman–Crippen LogP) is 2.28. The van der Waals surface area contributed by atoms with Gasteiger partial charge in [0.1, 0.15) is 5.75 Å². The van der Waals surface area contributed by atoms with Gasteiger partial charge in [-0.05, 0) is 31.6 Å². The van der Waals surface area contributed by atoms with Crippen LogP contribution >= 0.6 is 0 Å². The van der Waals surface area contributed by atoms with Crippen molar-refractivity contribution >= 4 is 11.4 Å². The van der Waals surface area contributed by atoms with Crippen LogP contribution < -0.4 is 15.8 Å². The highest BCUT2D eigenvalue weighted by Crippen LogP contribution is 2.26. The van der Waals surface area contributed by atoms with Gasteiger partial charge in [-0.15, -0.1) is 0 Å². The van der Waals surface area contributed by atoms with Gasteiger partial charge in [0.15, 0.2) is 0 Å². The Morgan fingerprint density at radius 3 is 2.56 bits per heavy atom. The summed E-state index contributed by atoms with van der Waals surface area (Å²) in [4.78, 5) is 2.19. The molecule has 0 saturated carbocycles. The molecule has 3 N–H and O–H groups in total. The number of anilines is 2. The average molecular weight is 251 g/mol. The molecule has 0 aromatic heterocycles. The van der Waals surface area contributed by atoms with Crippen molar-refractivity contribution in [2.24, 2.45) is 5.41 Å². The summed E-state index contributed by atoms with van der Waals surface area (Å²) >= 11 is 0. The monoisotopic (exact) mass is 251 g/mol. The highest BCUT2D eigenvalue weighted by atomic mass is 16.5. The fraction of sp³-hybridized carbons (Fsp3) is 0.571. The molecule has 1 aromatic carbocycles. The number of hydrogen-bond acceptors (Lipinski definition) is 4. The maximum Gasteiger partial charge on any atom is 0.121 e. The van der Waals surface area contributed by atoms with E-state index >= 15 is 0 Å². The van der Waals surface area contributed by atoms with Gasteiger partial charge >= 0.3 is 0 Å². The van der Waals surface area contributed by atoms with Gasteiger partial charge in [0, 0.05) is 19.2 Å². The lowest BCUT2D eigenvalue weighted by atomic mass is 9.93. The topological polar surface area (TPSA) is 50.5 Å². The first-order chi connectivity index (χ1) is 8.34. The minimum atomic E-state index is 0.180. The number of nitrogens with one attached hydrogen (secondary N) is 1. The Balaban J connectivity index is 2.67. The first-order valence-corrected chi connectivity index (χ1v) is 6.16. The fourth-order valence-corrected chi connectivity index (χ4v) is 2.06. The number of nitrogens with zero attached hydrogens (tertiary/aromatic N) is 1. The lowest BCUT2D eigenvalue weighted by molar-refractivity contribution is 0.254. The van der Waals surface area contributed by atoms with Gasteiger partial charge in [0.2, 0.25) is 0 Å². The Labute approximate surface area is 110 Å². The van der Waals surface area contributed by atoms with Gasteiger partial charge in [-0.3, -0.25) is 0 Å². The molecule has 0 spiro atoms. The van der Waals surface area contributed by atoms with Crippen molar-refractivity contribution < 1.29 is 4.74 Å². The summed E-state index contributed by atoms with van der Waals surface area (Å²) < 4.78 is 5.20. The van der Waals surface area contributed by atoms with Gasteiger partial charge in [0.25, 0.3) is 0 Å². The minimum absolute atomic E-state index is 0.180. The van der Waals surface area contributed by atoms with Gasteiger partial charge in [-0.2, -0.15) is 0 Å². The molecule has 1 rings (SSSR count). The zero-order valence-corrected chi connectivity index (χ0v) is 12.1. The molecule has 0 fully saturated rings. The molecule has 0 unspecified atom stereocenters. The van der Waals surface area contributed by atoms with E-state index in [1.165, 1.54) is 0 Å². The van der Waals surface area contributed by atoms with Crippen LogP contribution in [0.4, 0.5) is 11.4 Å². The van der Waals surface area contributed by atoms with E-state index < -0.39 is 0 Å². The van der Waals surface area contributed by atoms with Crippen LogP contribution in [0.15, 0.2) is 18.2 Å². The zero-order chi connectivity index (χ0) is 13.8. The van der Waals surface area contributed by atoms with Crippen molar-refractivity contribution in [1.82, 2.24) is 4.90 Å². The van der Waals surface area contributed by atoms with E-state index in [1.54, 1.807) is 7.11 Å². The molecule has 0 aliphatic rings. The zero-order valence-electron chi connectivity index (χ0n) is 12.1. The van der Waals surface area contributed by atoms with E-state index in [-0.39, 0.29) is 5.41 Å². The van der Waals surface area contributed by atoms with Crippen molar-refractivity contribution in [2.45, 2.75) is 13.8 Å². The lowest BCUT2D eigenvalue weighted by Crippen LogP contribution is -2.34. The van der Waals surface area contributed by atoms with E-state index in [9.17, 15) is 0 Å². The van der Waals surface area contributed by atoms with Crippen LogP contribution in [-0.2, 0) is 0 Å². The van der Waals surface area contributed by atoms with E-state index in [0.717, 1.165) is 30.2 Å². The highest BCUT2D eigenvalue weighted by Gasteiger charge is 2.19. The number of rotatable bonds is 6. The number of ether oxygens (including phenoxy) is 1. The molecule has 0 atom stereocenters. The number of nitrogens with two attached hydrogens (primary N) is 1. The van der Waals surface area contributed by atoms with E-state index in [0.29, 0.717) is 0 Å². The van der Waals surface area contributed by atoms with Crippen molar-refractivity contribution in [2.75, 3.05) is 45.3 Å². The maximum absolute atomic E-state index is 5.95. The van der Waals surface area contributed by atoms with Gasteiger partial charge < -0.3 is 20.7 Å². The average Bonchev–Trinajstić information content (AvgIpc) is 2.26. The Morgan fingerprint density at radius 2 is 2.00 bits per heavy atom. The van der Waals surface area contributed by atoms with Gasteiger partial charge in [0.05, 0.1) is 18.5 Å². The third kappa shape index (κ3) is 4.45. The largest absolute Gasteiger partial charge is 0.497 e. The molecule has 0 aliphatic carbocycles. The van der Waals surface area contributed by atoms with Crippen molar-refractivity contribution in [1.29, 1.82) is 0 Å². The minimum Gasteiger partial charge on any atom is -0.497 e. The smallest absolute Gasteiger partial charge is 0.121 e. The van der Waals surface area contributed by atoms with Crippen LogP contribution in [0, 0.1) is 5.41 Å². The van der Waals surface area contributed by atoms with Gasteiger partial charge in [-0.1, -0.05) is 13.8 Å². The van der Waals surface area contributed by atoms with Crippen LogP contribution in [0.5, 0.6) is 5.75 Å². The second kappa shape index (κ2) is 5.96. The van der Waals surface area contributed by atoms with Crippen LogP contribution in [0.1, 0.15) is 13.8 Å². The second-order valence-corrected chi connectivity index (χ2v) is 5.71. The second-order valence-electron chi connectivity index (χ2n) is 5.71. The molecule has 18 heavy (non-hydrogen) atoms.